The largest absolute Gasteiger partial charge is 0.491 e. The number of halogens is 1. The molecule has 0 unspecified atom stereocenters. The minimum Gasteiger partial charge on any atom is -0.491 e. The number of amides is 1. The van der Waals surface area contributed by atoms with Gasteiger partial charge in [-0.3, -0.25) is 5.32 Å². The molecule has 1 N–H and O–H groups in total. The zero-order valence-electron chi connectivity index (χ0n) is 12.5. The van der Waals surface area contributed by atoms with Crippen LogP contribution in [0.25, 0.3) is 0 Å². The van der Waals surface area contributed by atoms with E-state index in [1.165, 1.54) is 0 Å². The highest BCUT2D eigenvalue weighted by atomic mass is 79.9. The van der Waals surface area contributed by atoms with Gasteiger partial charge >= 0.3 is 6.09 Å². The molecule has 1 rings (SSSR count). The third kappa shape index (κ3) is 5.82. The molecule has 1 aromatic carbocycles. The molecule has 5 heteroatoms. The second kappa shape index (κ2) is 7.53. The minimum atomic E-state index is -0.524. The summed E-state index contributed by atoms with van der Waals surface area (Å²) in [5.41, 5.74) is 1.08. The van der Waals surface area contributed by atoms with Gasteiger partial charge in [-0.15, -0.1) is 0 Å². The van der Waals surface area contributed by atoms with Crippen molar-refractivity contribution in [3.8, 4) is 5.75 Å². The lowest BCUT2D eigenvalue weighted by atomic mass is 10.2. The molecular weight excluding hydrogens is 322 g/mol. The van der Waals surface area contributed by atoms with Gasteiger partial charge in [-0.1, -0.05) is 28.1 Å². The molecule has 1 amide bonds. The average Bonchev–Trinajstić information content (AvgIpc) is 2.31. The summed E-state index contributed by atoms with van der Waals surface area (Å²) in [4.78, 5) is 11.9. The Bertz CT molecular complexity index is 455. The van der Waals surface area contributed by atoms with E-state index in [0.29, 0.717) is 18.0 Å². The number of carbonyl (C=O) groups excluding carboxylic acids is 1. The molecular formula is C15H22BrNO3. The van der Waals surface area contributed by atoms with Crippen molar-refractivity contribution >= 4 is 27.7 Å². The second-order valence-corrected chi connectivity index (χ2v) is 6.26. The van der Waals surface area contributed by atoms with Crippen molar-refractivity contribution in [2.24, 2.45) is 0 Å². The maximum Gasteiger partial charge on any atom is 0.412 e. The summed E-state index contributed by atoms with van der Waals surface area (Å²) >= 11 is 3.36. The number of hydrogen-bond acceptors (Lipinski definition) is 3. The van der Waals surface area contributed by atoms with Gasteiger partial charge < -0.3 is 9.47 Å². The highest BCUT2D eigenvalue weighted by molar-refractivity contribution is 9.09. The van der Waals surface area contributed by atoms with Crippen LogP contribution in [0, 0.1) is 6.92 Å². The van der Waals surface area contributed by atoms with E-state index in [4.69, 9.17) is 9.47 Å². The first kappa shape index (κ1) is 16.8. The lowest BCUT2D eigenvalue weighted by molar-refractivity contribution is 0.0635. The van der Waals surface area contributed by atoms with Crippen LogP contribution in [0.3, 0.4) is 0 Å². The van der Waals surface area contributed by atoms with Crippen molar-refractivity contribution in [2.45, 2.75) is 39.7 Å². The van der Waals surface area contributed by atoms with Gasteiger partial charge in [0.25, 0.3) is 0 Å². The molecule has 0 radical (unpaired) electrons. The summed E-state index contributed by atoms with van der Waals surface area (Å²) in [5, 5.41) is 3.65. The van der Waals surface area contributed by atoms with Gasteiger partial charge in [-0.05, 0) is 45.7 Å². The maximum absolute atomic E-state index is 11.9. The number of para-hydroxylation sites is 1. The van der Waals surface area contributed by atoms with Crippen molar-refractivity contribution < 1.29 is 14.3 Å². The predicted molar refractivity (Wildman–Crippen MR) is 84.9 cm³/mol. The first-order chi connectivity index (χ1) is 9.33. The fourth-order valence-electron chi connectivity index (χ4n) is 1.56. The van der Waals surface area contributed by atoms with Crippen LogP contribution in [-0.4, -0.2) is 23.6 Å². The molecule has 0 bridgehead atoms. The summed E-state index contributed by atoms with van der Waals surface area (Å²) in [7, 11) is 0. The van der Waals surface area contributed by atoms with E-state index in [1.807, 2.05) is 45.9 Å². The topological polar surface area (TPSA) is 47.6 Å². The number of aryl methyl sites for hydroxylation is 1. The minimum absolute atomic E-state index is 0.475. The van der Waals surface area contributed by atoms with Crippen molar-refractivity contribution in [3.05, 3.63) is 23.8 Å². The monoisotopic (exact) mass is 343 g/mol. The van der Waals surface area contributed by atoms with Crippen LogP contribution in [-0.2, 0) is 4.74 Å². The zero-order chi connectivity index (χ0) is 15.2. The Morgan fingerprint density at radius 2 is 2.05 bits per heavy atom. The first-order valence-electron chi connectivity index (χ1n) is 6.62. The maximum atomic E-state index is 11.9. The number of alkyl halides is 1. The number of nitrogens with one attached hydrogen (secondary N) is 1. The van der Waals surface area contributed by atoms with Crippen LogP contribution in [0.2, 0.25) is 0 Å². The van der Waals surface area contributed by atoms with E-state index >= 15 is 0 Å². The number of benzene rings is 1. The molecule has 0 aliphatic rings. The molecule has 0 atom stereocenters. The Hall–Kier alpha value is -1.23. The molecule has 0 aliphatic carbocycles. The van der Waals surface area contributed by atoms with Gasteiger partial charge in [0.15, 0.2) is 0 Å². The van der Waals surface area contributed by atoms with E-state index in [0.717, 1.165) is 17.3 Å². The Morgan fingerprint density at radius 1 is 1.35 bits per heavy atom. The van der Waals surface area contributed by atoms with E-state index in [9.17, 15) is 4.79 Å². The molecule has 112 valence electrons. The first-order valence-corrected chi connectivity index (χ1v) is 7.74. The fourth-order valence-corrected chi connectivity index (χ4v) is 1.79. The van der Waals surface area contributed by atoms with E-state index in [2.05, 4.69) is 21.2 Å². The van der Waals surface area contributed by atoms with Crippen LogP contribution in [0.4, 0.5) is 10.5 Å². The van der Waals surface area contributed by atoms with Gasteiger partial charge in [-0.25, -0.2) is 4.79 Å². The zero-order valence-corrected chi connectivity index (χ0v) is 14.0. The fraction of sp³-hybridized carbons (Fsp3) is 0.533. The highest BCUT2D eigenvalue weighted by Crippen LogP contribution is 2.28. The Morgan fingerprint density at radius 3 is 2.65 bits per heavy atom. The Labute approximate surface area is 129 Å². The summed E-state index contributed by atoms with van der Waals surface area (Å²) < 4.78 is 11.0. The average molecular weight is 344 g/mol. The van der Waals surface area contributed by atoms with E-state index in [-0.39, 0.29) is 0 Å². The number of rotatable bonds is 5. The van der Waals surface area contributed by atoms with Crippen LogP contribution in [0.5, 0.6) is 5.75 Å². The van der Waals surface area contributed by atoms with Gasteiger partial charge in [0.1, 0.15) is 11.4 Å². The number of carbonyl (C=O) groups is 1. The van der Waals surface area contributed by atoms with Crippen LogP contribution in [0.15, 0.2) is 18.2 Å². The quantitative estimate of drug-likeness (QED) is 0.632. The Kier molecular flexibility index (Phi) is 6.33. The molecule has 0 heterocycles. The molecule has 20 heavy (non-hydrogen) atoms. The van der Waals surface area contributed by atoms with Crippen LogP contribution < -0.4 is 10.1 Å². The van der Waals surface area contributed by atoms with Crippen molar-refractivity contribution in [2.75, 3.05) is 17.3 Å². The molecule has 0 spiro atoms. The Balaban J connectivity index is 2.79. The van der Waals surface area contributed by atoms with Gasteiger partial charge in [-0.2, -0.15) is 0 Å². The summed E-state index contributed by atoms with van der Waals surface area (Å²) in [6, 6.07) is 5.66. The van der Waals surface area contributed by atoms with Gasteiger partial charge in [0, 0.05) is 5.33 Å². The van der Waals surface area contributed by atoms with E-state index < -0.39 is 11.7 Å². The normalized spacial score (nSPS) is 11.1. The van der Waals surface area contributed by atoms with Crippen molar-refractivity contribution in [1.82, 2.24) is 0 Å². The molecule has 0 aromatic heterocycles. The lowest BCUT2D eigenvalue weighted by Crippen LogP contribution is -2.27. The molecule has 0 fully saturated rings. The van der Waals surface area contributed by atoms with Crippen molar-refractivity contribution in [1.29, 1.82) is 0 Å². The smallest absolute Gasteiger partial charge is 0.412 e. The van der Waals surface area contributed by atoms with Crippen LogP contribution >= 0.6 is 15.9 Å². The third-order valence-electron chi connectivity index (χ3n) is 2.40. The van der Waals surface area contributed by atoms with E-state index in [1.54, 1.807) is 0 Å². The van der Waals surface area contributed by atoms with Gasteiger partial charge in [0.05, 0.1) is 12.3 Å². The third-order valence-corrected chi connectivity index (χ3v) is 2.96. The lowest BCUT2D eigenvalue weighted by Gasteiger charge is -2.21. The second-order valence-electron chi connectivity index (χ2n) is 5.47. The highest BCUT2D eigenvalue weighted by Gasteiger charge is 2.18. The number of hydrogen-bond donors (Lipinski definition) is 1. The van der Waals surface area contributed by atoms with Crippen molar-refractivity contribution in [3.63, 3.8) is 0 Å². The SMILES string of the molecule is Cc1cccc(OCCCBr)c1NC(=O)OC(C)(C)C. The molecule has 0 saturated heterocycles. The summed E-state index contributed by atoms with van der Waals surface area (Å²) in [5.74, 6) is 0.664. The molecule has 0 saturated carbocycles. The van der Waals surface area contributed by atoms with Crippen LogP contribution in [0.1, 0.15) is 32.8 Å². The summed E-state index contributed by atoms with van der Waals surface area (Å²) in [6.07, 6.45) is 0.428. The predicted octanol–water partition coefficient (Wildman–Crippen LogP) is 4.51. The molecule has 0 aliphatic heterocycles. The molecule has 4 nitrogen and oxygen atoms in total. The number of anilines is 1. The molecule has 1 aromatic rings. The summed E-state index contributed by atoms with van der Waals surface area (Å²) in [6.45, 7) is 8.01. The standard InChI is InChI=1S/C15H22BrNO3/c1-11-7-5-8-12(19-10-6-9-16)13(11)17-14(18)20-15(2,3)4/h5,7-8H,6,9-10H2,1-4H3,(H,17,18). The van der Waals surface area contributed by atoms with Gasteiger partial charge in [0.2, 0.25) is 0 Å². The number of ether oxygens (including phenoxy) is 2.